The number of hydrogen-bond donors (Lipinski definition) is 1. The summed E-state index contributed by atoms with van der Waals surface area (Å²) < 4.78 is 20.8. The maximum absolute atomic E-state index is 13.9. The van der Waals surface area contributed by atoms with E-state index in [1.807, 2.05) is 14.0 Å². The van der Waals surface area contributed by atoms with Crippen molar-refractivity contribution in [2.24, 2.45) is 7.05 Å². The van der Waals surface area contributed by atoms with Crippen molar-refractivity contribution in [1.82, 2.24) is 20.1 Å². The average Bonchev–Trinajstić information content (AvgIpc) is 2.92. The standard InChI is InChI=1S/C16H21FN4O2/c1-4-23-14-6-5-12(9-13(14)17)11(2)19-16(22)8-7-15-20-18-10-21(15)3/h5-6,9-11H,4,7-8H2,1-3H3,(H,19,22)/t11-/m1/s1. The van der Waals surface area contributed by atoms with Gasteiger partial charge in [-0.2, -0.15) is 0 Å². The number of amides is 1. The van der Waals surface area contributed by atoms with Gasteiger partial charge < -0.3 is 14.6 Å². The van der Waals surface area contributed by atoms with Crippen LogP contribution in [0, 0.1) is 5.82 Å². The van der Waals surface area contributed by atoms with Gasteiger partial charge in [0, 0.05) is 19.9 Å². The molecule has 0 aliphatic heterocycles. The van der Waals surface area contributed by atoms with Crippen LogP contribution in [0.15, 0.2) is 24.5 Å². The van der Waals surface area contributed by atoms with Crippen molar-refractivity contribution in [2.45, 2.75) is 32.7 Å². The highest BCUT2D eigenvalue weighted by Gasteiger charge is 2.13. The molecule has 0 aliphatic rings. The third kappa shape index (κ3) is 4.51. The summed E-state index contributed by atoms with van der Waals surface area (Å²) >= 11 is 0. The number of aryl methyl sites for hydroxylation is 2. The molecule has 1 aromatic heterocycles. The topological polar surface area (TPSA) is 69.0 Å². The van der Waals surface area contributed by atoms with Crippen LogP contribution in [0.3, 0.4) is 0 Å². The lowest BCUT2D eigenvalue weighted by Gasteiger charge is -2.15. The third-order valence-corrected chi connectivity index (χ3v) is 3.51. The molecule has 1 aromatic carbocycles. The summed E-state index contributed by atoms with van der Waals surface area (Å²) in [7, 11) is 1.83. The quantitative estimate of drug-likeness (QED) is 0.849. The van der Waals surface area contributed by atoms with Crippen molar-refractivity contribution in [1.29, 1.82) is 0 Å². The molecular formula is C16H21FN4O2. The molecule has 7 heteroatoms. The second-order valence-corrected chi connectivity index (χ2v) is 5.27. The Morgan fingerprint density at radius 2 is 2.26 bits per heavy atom. The zero-order chi connectivity index (χ0) is 16.8. The van der Waals surface area contributed by atoms with Gasteiger partial charge in [0.15, 0.2) is 11.6 Å². The minimum absolute atomic E-state index is 0.116. The Morgan fingerprint density at radius 3 is 2.87 bits per heavy atom. The van der Waals surface area contributed by atoms with Crippen molar-refractivity contribution in [3.63, 3.8) is 0 Å². The number of rotatable bonds is 7. The maximum Gasteiger partial charge on any atom is 0.220 e. The Kier molecular flexibility index (Phi) is 5.67. The van der Waals surface area contributed by atoms with Crippen LogP contribution in [-0.4, -0.2) is 27.3 Å². The van der Waals surface area contributed by atoms with Crippen LogP contribution in [0.25, 0.3) is 0 Å². The van der Waals surface area contributed by atoms with Gasteiger partial charge in [-0.25, -0.2) is 4.39 Å². The molecule has 0 saturated carbocycles. The molecule has 0 aliphatic carbocycles. The largest absolute Gasteiger partial charge is 0.491 e. The number of nitrogens with one attached hydrogen (secondary N) is 1. The Morgan fingerprint density at radius 1 is 1.48 bits per heavy atom. The first-order valence-corrected chi connectivity index (χ1v) is 7.55. The van der Waals surface area contributed by atoms with Crippen LogP contribution in [0.1, 0.15) is 37.7 Å². The summed E-state index contributed by atoms with van der Waals surface area (Å²) in [6.07, 6.45) is 2.40. The highest BCUT2D eigenvalue weighted by Crippen LogP contribution is 2.22. The number of nitrogens with zero attached hydrogens (tertiary/aromatic N) is 3. The van der Waals surface area contributed by atoms with Crippen molar-refractivity contribution < 1.29 is 13.9 Å². The molecule has 2 rings (SSSR count). The fraction of sp³-hybridized carbons (Fsp3) is 0.438. The first kappa shape index (κ1) is 16.9. The molecule has 0 radical (unpaired) electrons. The van der Waals surface area contributed by atoms with E-state index in [1.165, 1.54) is 6.07 Å². The zero-order valence-electron chi connectivity index (χ0n) is 13.5. The summed E-state index contributed by atoms with van der Waals surface area (Å²) in [6.45, 7) is 4.02. The van der Waals surface area contributed by atoms with Gasteiger partial charge in [0.2, 0.25) is 5.91 Å². The number of hydrogen-bond acceptors (Lipinski definition) is 4. The molecule has 1 atom stereocenters. The first-order chi connectivity index (χ1) is 11.0. The molecule has 2 aromatic rings. The van der Waals surface area contributed by atoms with Crippen molar-refractivity contribution >= 4 is 5.91 Å². The summed E-state index contributed by atoms with van der Waals surface area (Å²) in [5, 5.41) is 10.6. The van der Waals surface area contributed by atoms with Gasteiger partial charge in [0.05, 0.1) is 12.6 Å². The van der Waals surface area contributed by atoms with Crippen LogP contribution in [0.2, 0.25) is 0 Å². The van der Waals surface area contributed by atoms with Crippen LogP contribution >= 0.6 is 0 Å². The van der Waals surface area contributed by atoms with Crippen LogP contribution in [0.4, 0.5) is 4.39 Å². The molecule has 0 saturated heterocycles. The van der Waals surface area contributed by atoms with Gasteiger partial charge in [-0.05, 0) is 31.5 Å². The minimum Gasteiger partial charge on any atom is -0.491 e. The second-order valence-electron chi connectivity index (χ2n) is 5.27. The van der Waals surface area contributed by atoms with E-state index in [4.69, 9.17) is 4.74 Å². The van der Waals surface area contributed by atoms with Gasteiger partial charge in [-0.1, -0.05) is 6.07 Å². The van der Waals surface area contributed by atoms with E-state index in [0.29, 0.717) is 25.0 Å². The van der Waals surface area contributed by atoms with Gasteiger partial charge in [-0.15, -0.1) is 10.2 Å². The lowest BCUT2D eigenvalue weighted by molar-refractivity contribution is -0.121. The molecular weight excluding hydrogens is 299 g/mol. The van der Waals surface area contributed by atoms with Gasteiger partial charge >= 0.3 is 0 Å². The molecule has 23 heavy (non-hydrogen) atoms. The lowest BCUT2D eigenvalue weighted by Crippen LogP contribution is -2.27. The molecule has 0 bridgehead atoms. The number of halogens is 1. The third-order valence-electron chi connectivity index (χ3n) is 3.51. The SMILES string of the molecule is CCOc1ccc([C@@H](C)NC(=O)CCc2nncn2C)cc1F. The van der Waals surface area contributed by atoms with Crippen molar-refractivity contribution in [3.05, 3.63) is 41.7 Å². The lowest BCUT2D eigenvalue weighted by atomic mass is 10.1. The van der Waals surface area contributed by atoms with Gasteiger partial charge in [-0.3, -0.25) is 4.79 Å². The normalized spacial score (nSPS) is 12.0. The molecule has 0 unspecified atom stereocenters. The number of carbonyl (C=O) groups is 1. The fourth-order valence-corrected chi connectivity index (χ4v) is 2.21. The van der Waals surface area contributed by atoms with Crippen LogP contribution in [-0.2, 0) is 18.3 Å². The van der Waals surface area contributed by atoms with Gasteiger partial charge in [0.25, 0.3) is 0 Å². The van der Waals surface area contributed by atoms with E-state index >= 15 is 0 Å². The number of carbonyl (C=O) groups excluding carboxylic acids is 1. The fourth-order valence-electron chi connectivity index (χ4n) is 2.21. The first-order valence-electron chi connectivity index (χ1n) is 7.55. The van der Waals surface area contributed by atoms with E-state index in [1.54, 1.807) is 30.0 Å². The number of ether oxygens (including phenoxy) is 1. The van der Waals surface area contributed by atoms with E-state index in [-0.39, 0.29) is 17.7 Å². The predicted molar refractivity (Wildman–Crippen MR) is 83.5 cm³/mol. The monoisotopic (exact) mass is 320 g/mol. The molecule has 1 N–H and O–H groups in total. The van der Waals surface area contributed by atoms with E-state index in [9.17, 15) is 9.18 Å². The summed E-state index contributed by atoms with van der Waals surface area (Å²) in [5.74, 6) is 0.427. The molecule has 0 spiro atoms. The molecule has 1 heterocycles. The van der Waals surface area contributed by atoms with Crippen LogP contribution in [0.5, 0.6) is 5.75 Å². The van der Waals surface area contributed by atoms with E-state index < -0.39 is 5.82 Å². The maximum atomic E-state index is 13.9. The van der Waals surface area contributed by atoms with Crippen molar-refractivity contribution in [3.8, 4) is 5.75 Å². The van der Waals surface area contributed by atoms with Crippen molar-refractivity contribution in [2.75, 3.05) is 6.61 Å². The molecule has 1 amide bonds. The number of aromatic nitrogens is 3. The smallest absolute Gasteiger partial charge is 0.220 e. The van der Waals surface area contributed by atoms with E-state index in [0.717, 1.165) is 5.82 Å². The second kappa shape index (κ2) is 7.71. The Bertz CT molecular complexity index is 672. The molecule has 0 fully saturated rings. The zero-order valence-corrected chi connectivity index (χ0v) is 13.5. The summed E-state index contributed by atoms with van der Waals surface area (Å²) in [6, 6.07) is 4.43. The average molecular weight is 320 g/mol. The Balaban J connectivity index is 1.90. The van der Waals surface area contributed by atoms with Gasteiger partial charge in [0.1, 0.15) is 12.2 Å². The Labute approximate surface area is 134 Å². The Hall–Kier alpha value is -2.44. The van der Waals surface area contributed by atoms with E-state index in [2.05, 4.69) is 15.5 Å². The highest BCUT2D eigenvalue weighted by molar-refractivity contribution is 5.76. The summed E-state index contributed by atoms with van der Waals surface area (Å²) in [4.78, 5) is 12.0. The number of benzene rings is 1. The predicted octanol–water partition coefficient (Wildman–Crippen LogP) is 2.16. The molecule has 124 valence electrons. The van der Waals surface area contributed by atoms with Crippen LogP contribution < -0.4 is 10.1 Å². The molecule has 6 nitrogen and oxygen atoms in total. The minimum atomic E-state index is -0.426. The summed E-state index contributed by atoms with van der Waals surface area (Å²) in [5.41, 5.74) is 0.693. The highest BCUT2D eigenvalue weighted by atomic mass is 19.1.